The van der Waals surface area contributed by atoms with Crippen molar-refractivity contribution >= 4 is 21.9 Å². The lowest BCUT2D eigenvalue weighted by atomic mass is 10.1. The summed E-state index contributed by atoms with van der Waals surface area (Å²) in [5.41, 5.74) is 2.21. The van der Waals surface area contributed by atoms with Gasteiger partial charge in [0.05, 0.1) is 24.4 Å². The highest BCUT2D eigenvalue weighted by Gasteiger charge is 2.20. The molecule has 0 aliphatic heterocycles. The number of benzene rings is 1. The Kier molecular flexibility index (Phi) is 4.22. The lowest BCUT2D eigenvalue weighted by Gasteiger charge is -2.15. The number of aryl methyl sites for hydroxylation is 1. The number of ether oxygens (including phenoxy) is 2. The Morgan fingerprint density at radius 2 is 2.00 bits per heavy atom. The van der Waals surface area contributed by atoms with Gasteiger partial charge in [-0.15, -0.1) is 0 Å². The minimum atomic E-state index is -1.08. The van der Waals surface area contributed by atoms with Crippen LogP contribution in [0.2, 0.25) is 0 Å². The molecule has 21 heavy (non-hydrogen) atoms. The molecule has 6 nitrogen and oxygen atoms in total. The summed E-state index contributed by atoms with van der Waals surface area (Å²) in [7, 11) is 4.82. The molecule has 0 saturated heterocycles. The van der Waals surface area contributed by atoms with Crippen molar-refractivity contribution in [3.63, 3.8) is 0 Å². The summed E-state index contributed by atoms with van der Waals surface area (Å²) < 4.78 is 13.1. The zero-order valence-corrected chi connectivity index (χ0v) is 13.7. The number of hydrogen-bond donors (Lipinski definition) is 1. The lowest BCUT2D eigenvalue weighted by molar-refractivity contribution is 0.0689. The number of rotatable bonds is 4. The molecule has 0 radical (unpaired) electrons. The fourth-order valence-corrected chi connectivity index (χ4v) is 2.70. The lowest BCUT2D eigenvalue weighted by Crippen LogP contribution is -2.00. The molecule has 0 atom stereocenters. The molecule has 1 aromatic carbocycles. The first-order valence-corrected chi connectivity index (χ1v) is 6.88. The third-order valence-corrected chi connectivity index (χ3v) is 4.17. The number of hydrogen-bond acceptors (Lipinski definition) is 4. The van der Waals surface area contributed by atoms with Crippen LogP contribution in [-0.4, -0.2) is 35.1 Å². The molecule has 0 aliphatic carbocycles. The van der Waals surface area contributed by atoms with E-state index >= 15 is 0 Å². The van der Waals surface area contributed by atoms with Crippen molar-refractivity contribution in [2.75, 3.05) is 14.2 Å². The average Bonchev–Trinajstić information content (AvgIpc) is 2.83. The molecule has 0 amide bonds. The largest absolute Gasteiger partial charge is 0.496 e. The van der Waals surface area contributed by atoms with E-state index in [2.05, 4.69) is 21.0 Å². The Bertz CT molecular complexity index is 709. The van der Waals surface area contributed by atoms with E-state index in [-0.39, 0.29) is 5.69 Å². The Labute approximate surface area is 130 Å². The van der Waals surface area contributed by atoms with E-state index in [0.29, 0.717) is 22.8 Å². The first-order valence-electron chi connectivity index (χ1n) is 6.09. The van der Waals surface area contributed by atoms with Gasteiger partial charge in [-0.05, 0) is 35.0 Å². The maximum Gasteiger partial charge on any atom is 0.356 e. The average molecular weight is 355 g/mol. The molecule has 2 rings (SSSR count). The Hall–Kier alpha value is -2.02. The van der Waals surface area contributed by atoms with Gasteiger partial charge in [0.25, 0.3) is 0 Å². The van der Waals surface area contributed by atoms with Crippen LogP contribution < -0.4 is 9.47 Å². The fraction of sp³-hybridized carbons (Fsp3) is 0.286. The van der Waals surface area contributed by atoms with Crippen LogP contribution in [0.3, 0.4) is 0 Å². The smallest absolute Gasteiger partial charge is 0.356 e. The molecule has 0 spiro atoms. The Morgan fingerprint density at radius 1 is 1.33 bits per heavy atom. The van der Waals surface area contributed by atoms with Crippen LogP contribution in [-0.2, 0) is 7.05 Å². The summed E-state index contributed by atoms with van der Waals surface area (Å²) in [6.07, 6.45) is 0. The van der Waals surface area contributed by atoms with E-state index in [4.69, 9.17) is 14.6 Å². The van der Waals surface area contributed by atoms with E-state index in [1.165, 1.54) is 10.7 Å². The normalized spacial score (nSPS) is 10.5. The number of carboxylic acids is 1. The number of aromatic carboxylic acids is 1. The highest BCUT2D eigenvalue weighted by Crippen LogP contribution is 2.42. The van der Waals surface area contributed by atoms with Crippen molar-refractivity contribution in [3.05, 3.63) is 27.9 Å². The number of nitrogens with zero attached hydrogens (tertiary/aromatic N) is 2. The van der Waals surface area contributed by atoms with Crippen LogP contribution in [0.25, 0.3) is 11.3 Å². The Balaban J connectivity index is 2.73. The topological polar surface area (TPSA) is 73.6 Å². The second-order valence-corrected chi connectivity index (χ2v) is 5.24. The second-order valence-electron chi connectivity index (χ2n) is 4.44. The maximum atomic E-state index is 11.1. The predicted octanol–water partition coefficient (Wildman–Crippen LogP) is 2.87. The highest BCUT2D eigenvalue weighted by atomic mass is 79.9. The second kappa shape index (κ2) is 5.77. The summed E-state index contributed by atoms with van der Waals surface area (Å²) in [6, 6.07) is 3.31. The molecule has 0 aliphatic rings. The third-order valence-electron chi connectivity index (χ3n) is 3.22. The van der Waals surface area contributed by atoms with Crippen LogP contribution in [0.4, 0.5) is 0 Å². The molecular formula is C14H15BrN2O4. The van der Waals surface area contributed by atoms with Crippen LogP contribution in [0.5, 0.6) is 11.5 Å². The third kappa shape index (κ3) is 2.61. The van der Waals surface area contributed by atoms with Gasteiger partial charge in [0.2, 0.25) is 0 Å². The summed E-state index contributed by atoms with van der Waals surface area (Å²) in [4.78, 5) is 11.1. The highest BCUT2D eigenvalue weighted by molar-refractivity contribution is 9.10. The van der Waals surface area contributed by atoms with Crippen molar-refractivity contribution in [1.29, 1.82) is 0 Å². The first-order chi connectivity index (χ1) is 9.90. The predicted molar refractivity (Wildman–Crippen MR) is 81.1 cm³/mol. The van der Waals surface area contributed by atoms with Gasteiger partial charge in [-0.3, -0.25) is 4.68 Å². The first kappa shape index (κ1) is 15.4. The molecule has 2 aromatic rings. The molecule has 7 heteroatoms. The standard InChI is InChI=1S/C14H15BrN2O4/c1-7-11(20-3)5-8(13(21-4)12(7)15)10-6-9(14(18)19)16-17(10)2/h5-6H,1-4H3,(H,18,19). The Morgan fingerprint density at radius 3 is 2.48 bits per heavy atom. The fourth-order valence-electron chi connectivity index (χ4n) is 2.13. The molecule has 0 unspecified atom stereocenters. The van der Waals surface area contributed by atoms with Gasteiger partial charge < -0.3 is 14.6 Å². The number of halogens is 1. The molecule has 1 aromatic heterocycles. The number of aromatic nitrogens is 2. The van der Waals surface area contributed by atoms with Crippen LogP contribution in [0.15, 0.2) is 16.6 Å². The molecular weight excluding hydrogens is 340 g/mol. The van der Waals surface area contributed by atoms with Crippen LogP contribution in [0, 0.1) is 6.92 Å². The van der Waals surface area contributed by atoms with Gasteiger partial charge in [0.1, 0.15) is 11.5 Å². The van der Waals surface area contributed by atoms with Crippen LogP contribution >= 0.6 is 15.9 Å². The van der Waals surface area contributed by atoms with Gasteiger partial charge in [0, 0.05) is 18.2 Å². The van der Waals surface area contributed by atoms with Crippen molar-refractivity contribution < 1.29 is 19.4 Å². The van der Waals surface area contributed by atoms with Crippen molar-refractivity contribution in [3.8, 4) is 22.8 Å². The van der Waals surface area contributed by atoms with E-state index in [1.54, 1.807) is 21.3 Å². The monoisotopic (exact) mass is 354 g/mol. The quantitative estimate of drug-likeness (QED) is 0.913. The zero-order chi connectivity index (χ0) is 15.7. The van der Waals surface area contributed by atoms with Gasteiger partial charge in [-0.2, -0.15) is 5.10 Å². The van der Waals surface area contributed by atoms with Crippen molar-refractivity contribution in [2.24, 2.45) is 7.05 Å². The number of carbonyl (C=O) groups is 1. The molecule has 0 saturated carbocycles. The minimum absolute atomic E-state index is 0.0229. The van der Waals surface area contributed by atoms with Crippen molar-refractivity contribution in [2.45, 2.75) is 6.92 Å². The minimum Gasteiger partial charge on any atom is -0.496 e. The molecule has 1 N–H and O–H groups in total. The number of methoxy groups -OCH3 is 2. The molecule has 1 heterocycles. The SMILES string of the molecule is COc1cc(-c2cc(C(=O)O)nn2C)c(OC)c(Br)c1C. The maximum absolute atomic E-state index is 11.1. The molecule has 0 fully saturated rings. The molecule has 112 valence electrons. The van der Waals surface area contributed by atoms with Crippen molar-refractivity contribution in [1.82, 2.24) is 9.78 Å². The molecule has 0 bridgehead atoms. The number of carboxylic acid groups (broad SMARTS) is 1. The van der Waals surface area contributed by atoms with Crippen LogP contribution in [0.1, 0.15) is 16.1 Å². The summed E-state index contributed by atoms with van der Waals surface area (Å²) >= 11 is 3.49. The van der Waals surface area contributed by atoms with E-state index in [9.17, 15) is 4.79 Å². The van der Waals surface area contributed by atoms with E-state index in [0.717, 1.165) is 10.0 Å². The van der Waals surface area contributed by atoms with E-state index in [1.807, 2.05) is 13.0 Å². The summed E-state index contributed by atoms with van der Waals surface area (Å²) in [5.74, 6) is 0.206. The summed E-state index contributed by atoms with van der Waals surface area (Å²) in [6.45, 7) is 1.90. The van der Waals surface area contributed by atoms with Gasteiger partial charge >= 0.3 is 5.97 Å². The summed E-state index contributed by atoms with van der Waals surface area (Å²) in [5, 5.41) is 13.0. The van der Waals surface area contributed by atoms with Gasteiger partial charge in [-0.25, -0.2) is 4.79 Å². The van der Waals surface area contributed by atoms with E-state index < -0.39 is 5.97 Å². The van der Waals surface area contributed by atoms with Gasteiger partial charge in [-0.1, -0.05) is 0 Å². The zero-order valence-electron chi connectivity index (χ0n) is 12.1. The van der Waals surface area contributed by atoms with Gasteiger partial charge in [0.15, 0.2) is 5.69 Å².